The van der Waals surface area contributed by atoms with Crippen molar-refractivity contribution < 1.29 is 17.4 Å². The van der Waals surface area contributed by atoms with Crippen molar-refractivity contribution in [3.05, 3.63) is 0 Å². The van der Waals surface area contributed by atoms with Gasteiger partial charge in [-0.1, -0.05) is 0 Å². The second-order valence-corrected chi connectivity index (χ2v) is 2.61. The van der Waals surface area contributed by atoms with Gasteiger partial charge in [0.2, 0.25) is 6.41 Å². The highest BCUT2D eigenvalue weighted by Crippen LogP contribution is 1.78. The van der Waals surface area contributed by atoms with Crippen molar-refractivity contribution in [3.63, 3.8) is 0 Å². The average molecular weight is 168 g/mol. The van der Waals surface area contributed by atoms with Crippen LogP contribution in [0.4, 0.5) is 0 Å². The Morgan fingerprint density at radius 3 is 2.60 bits per heavy atom. The molecule has 0 saturated carbocycles. The molecule has 0 radical (unpaired) electrons. The summed E-state index contributed by atoms with van der Waals surface area (Å²) in [5.41, 5.74) is 0. The molecule has 0 heterocycles. The summed E-state index contributed by atoms with van der Waals surface area (Å²) in [6.45, 7) is -0.0164. The SMILES string of the molecule is NS(=O)(=O)OCCNC=O. The minimum Gasteiger partial charge on any atom is -0.356 e. The molecule has 0 bridgehead atoms. The molecule has 7 heteroatoms. The first kappa shape index (κ1) is 9.34. The van der Waals surface area contributed by atoms with Gasteiger partial charge >= 0.3 is 10.3 Å². The molecule has 0 aliphatic rings. The van der Waals surface area contributed by atoms with E-state index in [0.717, 1.165) is 0 Å². The quantitative estimate of drug-likeness (QED) is 0.364. The van der Waals surface area contributed by atoms with Crippen molar-refractivity contribution in [2.24, 2.45) is 5.14 Å². The zero-order valence-electron chi connectivity index (χ0n) is 5.11. The third-order valence-corrected chi connectivity index (χ3v) is 1.07. The van der Waals surface area contributed by atoms with Crippen LogP contribution in [-0.4, -0.2) is 28.0 Å². The molecule has 0 rings (SSSR count). The van der Waals surface area contributed by atoms with Crippen molar-refractivity contribution >= 4 is 16.7 Å². The fourth-order valence-corrected chi connectivity index (χ4v) is 0.591. The van der Waals surface area contributed by atoms with Crippen LogP contribution < -0.4 is 10.5 Å². The van der Waals surface area contributed by atoms with Crippen LogP contribution in [-0.2, 0) is 19.3 Å². The van der Waals surface area contributed by atoms with Gasteiger partial charge in [0.25, 0.3) is 0 Å². The van der Waals surface area contributed by atoms with Crippen molar-refractivity contribution in [2.75, 3.05) is 13.2 Å². The summed E-state index contributed by atoms with van der Waals surface area (Å²) in [7, 11) is -3.86. The summed E-state index contributed by atoms with van der Waals surface area (Å²) < 4.78 is 24.1. The van der Waals surface area contributed by atoms with Gasteiger partial charge in [0.15, 0.2) is 0 Å². The van der Waals surface area contributed by atoms with Crippen LogP contribution in [0.1, 0.15) is 0 Å². The predicted octanol–water partition coefficient (Wildman–Crippen LogP) is -2.05. The Labute approximate surface area is 58.6 Å². The van der Waals surface area contributed by atoms with Crippen molar-refractivity contribution in [3.8, 4) is 0 Å². The Hall–Kier alpha value is -0.660. The fourth-order valence-electron chi connectivity index (χ4n) is 0.276. The Balaban J connectivity index is 3.29. The van der Waals surface area contributed by atoms with E-state index in [0.29, 0.717) is 6.41 Å². The van der Waals surface area contributed by atoms with E-state index in [-0.39, 0.29) is 13.2 Å². The van der Waals surface area contributed by atoms with Crippen LogP contribution in [0.25, 0.3) is 0 Å². The van der Waals surface area contributed by atoms with Crippen LogP contribution in [0, 0.1) is 0 Å². The van der Waals surface area contributed by atoms with E-state index in [9.17, 15) is 13.2 Å². The minimum absolute atomic E-state index is 0.125. The summed E-state index contributed by atoms with van der Waals surface area (Å²) in [6.07, 6.45) is 0.437. The van der Waals surface area contributed by atoms with Crippen molar-refractivity contribution in [2.45, 2.75) is 0 Å². The molecule has 0 saturated heterocycles. The van der Waals surface area contributed by atoms with Gasteiger partial charge in [-0.15, -0.1) is 0 Å². The number of carbonyl (C=O) groups excluding carboxylic acids is 1. The van der Waals surface area contributed by atoms with Gasteiger partial charge < -0.3 is 5.32 Å². The van der Waals surface area contributed by atoms with Crippen molar-refractivity contribution in [1.29, 1.82) is 0 Å². The number of amides is 1. The second-order valence-electron chi connectivity index (χ2n) is 1.39. The van der Waals surface area contributed by atoms with Crippen molar-refractivity contribution in [1.82, 2.24) is 5.32 Å². The van der Waals surface area contributed by atoms with Gasteiger partial charge in [0, 0.05) is 6.54 Å². The molecule has 0 aromatic heterocycles. The molecule has 0 aromatic rings. The lowest BCUT2D eigenvalue weighted by Crippen LogP contribution is -2.23. The molecule has 0 aromatic carbocycles. The molecule has 3 N–H and O–H groups in total. The predicted molar refractivity (Wildman–Crippen MR) is 33.1 cm³/mol. The molecular formula is C3H8N2O4S. The Bertz CT molecular complexity index is 187. The van der Waals surface area contributed by atoms with E-state index in [1.54, 1.807) is 0 Å². The smallest absolute Gasteiger partial charge is 0.333 e. The largest absolute Gasteiger partial charge is 0.356 e. The molecule has 0 unspecified atom stereocenters. The monoisotopic (exact) mass is 168 g/mol. The lowest BCUT2D eigenvalue weighted by atomic mass is 10.7. The fraction of sp³-hybridized carbons (Fsp3) is 0.667. The van der Waals surface area contributed by atoms with Gasteiger partial charge in [-0.05, 0) is 0 Å². The maximum atomic E-state index is 10.0. The first-order valence-electron chi connectivity index (χ1n) is 2.40. The molecule has 6 nitrogen and oxygen atoms in total. The summed E-state index contributed by atoms with van der Waals surface area (Å²) in [4.78, 5) is 9.58. The normalized spacial score (nSPS) is 10.9. The lowest BCUT2D eigenvalue weighted by molar-refractivity contribution is -0.109. The number of rotatable bonds is 5. The first-order chi connectivity index (χ1) is 4.56. The maximum Gasteiger partial charge on any atom is 0.333 e. The summed E-state index contributed by atoms with van der Waals surface area (Å²) in [5.74, 6) is 0. The maximum absolute atomic E-state index is 10.0. The van der Waals surface area contributed by atoms with Crippen LogP contribution in [0.15, 0.2) is 0 Å². The zero-order chi connectivity index (χ0) is 8.04. The number of hydrogen-bond donors (Lipinski definition) is 2. The third-order valence-electron chi connectivity index (χ3n) is 0.577. The number of nitrogens with two attached hydrogens (primary N) is 1. The molecule has 0 aliphatic heterocycles. The summed E-state index contributed by atoms with van der Waals surface area (Å²) in [5, 5.41) is 6.65. The average Bonchev–Trinajstić information content (AvgIpc) is 1.78. The summed E-state index contributed by atoms with van der Waals surface area (Å²) in [6, 6.07) is 0. The number of hydrogen-bond acceptors (Lipinski definition) is 4. The number of carbonyl (C=O) groups is 1. The van der Waals surface area contributed by atoms with Crippen LogP contribution in [0.3, 0.4) is 0 Å². The number of nitrogens with one attached hydrogen (secondary N) is 1. The van der Waals surface area contributed by atoms with Gasteiger partial charge in [0.1, 0.15) is 0 Å². The highest BCUT2D eigenvalue weighted by atomic mass is 32.2. The molecule has 0 spiro atoms. The minimum atomic E-state index is -3.86. The molecule has 1 amide bonds. The van der Waals surface area contributed by atoms with E-state index in [4.69, 9.17) is 0 Å². The van der Waals surface area contributed by atoms with Crippen LogP contribution in [0.5, 0.6) is 0 Å². The Kier molecular flexibility index (Phi) is 3.93. The topological polar surface area (TPSA) is 98.5 Å². The third kappa shape index (κ3) is 7.34. The lowest BCUT2D eigenvalue weighted by Gasteiger charge is -1.97. The van der Waals surface area contributed by atoms with Gasteiger partial charge in [-0.25, -0.2) is 5.14 Å². The van der Waals surface area contributed by atoms with E-state index >= 15 is 0 Å². The summed E-state index contributed by atoms with van der Waals surface area (Å²) >= 11 is 0. The van der Waals surface area contributed by atoms with Gasteiger partial charge in [-0.2, -0.15) is 8.42 Å². The van der Waals surface area contributed by atoms with E-state index in [1.807, 2.05) is 0 Å². The molecular weight excluding hydrogens is 160 g/mol. The van der Waals surface area contributed by atoms with Crippen LogP contribution >= 0.6 is 0 Å². The van der Waals surface area contributed by atoms with Crippen LogP contribution in [0.2, 0.25) is 0 Å². The highest BCUT2D eigenvalue weighted by Gasteiger charge is 1.99. The zero-order valence-corrected chi connectivity index (χ0v) is 5.93. The Morgan fingerprint density at radius 2 is 2.20 bits per heavy atom. The van der Waals surface area contributed by atoms with Gasteiger partial charge in [0.05, 0.1) is 6.61 Å². The molecule has 0 aliphatic carbocycles. The molecule has 10 heavy (non-hydrogen) atoms. The molecule has 0 fully saturated rings. The van der Waals surface area contributed by atoms with E-state index in [1.165, 1.54) is 0 Å². The van der Waals surface area contributed by atoms with E-state index in [2.05, 4.69) is 14.6 Å². The van der Waals surface area contributed by atoms with E-state index < -0.39 is 10.3 Å². The highest BCUT2D eigenvalue weighted by molar-refractivity contribution is 7.84. The first-order valence-corrected chi connectivity index (χ1v) is 3.87. The molecule has 60 valence electrons. The standard InChI is InChI=1S/C3H8N2O4S/c4-10(7,8)9-2-1-5-3-6/h3H,1-2H2,(H,5,6)(H2,4,7,8). The Morgan fingerprint density at radius 1 is 1.60 bits per heavy atom. The second kappa shape index (κ2) is 4.20. The van der Waals surface area contributed by atoms with Gasteiger partial charge in [-0.3, -0.25) is 8.98 Å². The molecule has 0 atom stereocenters.